The van der Waals surface area contributed by atoms with Crippen LogP contribution in [-0.2, 0) is 18.2 Å². The summed E-state index contributed by atoms with van der Waals surface area (Å²) in [4.78, 5) is 16.5. The number of rotatable bonds is 9. The summed E-state index contributed by atoms with van der Waals surface area (Å²) in [6.45, 7) is 11.9. The summed E-state index contributed by atoms with van der Waals surface area (Å²) in [5, 5.41) is 14.2. The Hall–Kier alpha value is -1.52. The van der Waals surface area contributed by atoms with Crippen molar-refractivity contribution >= 4 is 36.0 Å². The molecule has 1 aliphatic carbocycles. The molecule has 0 spiro atoms. The first-order valence-corrected chi connectivity index (χ1v) is 10.3. The molecular weight excluding hydrogens is 483 g/mol. The third-order valence-electron chi connectivity index (χ3n) is 5.11. The summed E-state index contributed by atoms with van der Waals surface area (Å²) in [5.41, 5.74) is 3.54. The number of hydrogen-bond donors (Lipinski definition) is 3. The zero-order valence-corrected chi connectivity index (χ0v) is 20.9. The predicted octanol–water partition coefficient (Wildman–Crippen LogP) is 2.67. The van der Waals surface area contributed by atoms with E-state index in [-0.39, 0.29) is 42.2 Å². The summed E-state index contributed by atoms with van der Waals surface area (Å²) in [7, 11) is 1.98. The van der Waals surface area contributed by atoms with Crippen molar-refractivity contribution in [2.45, 2.75) is 66.0 Å². The van der Waals surface area contributed by atoms with E-state index in [1.54, 1.807) is 0 Å². The van der Waals surface area contributed by atoms with Crippen LogP contribution in [0.25, 0.3) is 0 Å². The van der Waals surface area contributed by atoms with Crippen molar-refractivity contribution in [1.82, 2.24) is 25.7 Å². The third-order valence-corrected chi connectivity index (χ3v) is 5.11. The first kappa shape index (κ1) is 25.5. The fourth-order valence-corrected chi connectivity index (χ4v) is 3.35. The number of alkyl carbamates (subject to hydrolysis) is 1. The van der Waals surface area contributed by atoms with E-state index in [1.165, 1.54) is 11.3 Å². The van der Waals surface area contributed by atoms with Gasteiger partial charge in [-0.1, -0.05) is 0 Å². The number of ether oxygens (including phenoxy) is 1. The lowest BCUT2D eigenvalue weighted by Crippen LogP contribution is -2.45. The van der Waals surface area contributed by atoms with Gasteiger partial charge in [0.25, 0.3) is 0 Å². The minimum atomic E-state index is -0.358. The maximum Gasteiger partial charge on any atom is 0.407 e. The largest absolute Gasteiger partial charge is 0.450 e. The van der Waals surface area contributed by atoms with Crippen molar-refractivity contribution in [3.63, 3.8) is 0 Å². The molecule has 166 valence electrons. The van der Waals surface area contributed by atoms with Gasteiger partial charge in [0.2, 0.25) is 0 Å². The summed E-state index contributed by atoms with van der Waals surface area (Å²) in [6.07, 6.45) is 2.78. The molecule has 1 aromatic rings. The molecule has 0 saturated heterocycles. The number of carbonyl (C=O) groups is 1. The van der Waals surface area contributed by atoms with Crippen LogP contribution in [0.4, 0.5) is 4.79 Å². The number of nitrogens with zero attached hydrogens (tertiary/aromatic N) is 3. The smallest absolute Gasteiger partial charge is 0.407 e. The maximum absolute atomic E-state index is 11.8. The van der Waals surface area contributed by atoms with E-state index in [0.29, 0.717) is 19.1 Å². The number of aliphatic imine (C=N–C) groups is 1. The summed E-state index contributed by atoms with van der Waals surface area (Å²) in [6, 6.07) is 0.226. The van der Waals surface area contributed by atoms with Gasteiger partial charge in [0.1, 0.15) is 0 Å². The van der Waals surface area contributed by atoms with E-state index >= 15 is 0 Å². The van der Waals surface area contributed by atoms with E-state index in [0.717, 1.165) is 37.5 Å². The molecule has 2 unspecified atom stereocenters. The van der Waals surface area contributed by atoms with Crippen LogP contribution >= 0.6 is 24.0 Å². The molecule has 0 bridgehead atoms. The van der Waals surface area contributed by atoms with Crippen molar-refractivity contribution in [2.24, 2.45) is 18.0 Å². The van der Waals surface area contributed by atoms with Crippen molar-refractivity contribution in [3.05, 3.63) is 17.0 Å². The van der Waals surface area contributed by atoms with Gasteiger partial charge in [-0.25, -0.2) is 4.79 Å². The Morgan fingerprint density at radius 1 is 1.31 bits per heavy atom. The Morgan fingerprint density at radius 2 is 2.00 bits per heavy atom. The molecule has 0 aliphatic heterocycles. The highest BCUT2D eigenvalue weighted by molar-refractivity contribution is 14.0. The Kier molecular flexibility index (Phi) is 10.8. The van der Waals surface area contributed by atoms with Crippen molar-refractivity contribution in [1.29, 1.82) is 0 Å². The fraction of sp³-hybridized carbons (Fsp3) is 0.750. The molecule has 1 aromatic heterocycles. The SMILES string of the molecule is CCNC(=NCC(NC(=O)OCC)C1CC1)NC(C)Cc1c(C)nn(C)c1C.I. The molecule has 0 aromatic carbocycles. The van der Waals surface area contributed by atoms with E-state index < -0.39 is 0 Å². The first-order valence-electron chi connectivity index (χ1n) is 10.3. The third kappa shape index (κ3) is 8.02. The molecule has 29 heavy (non-hydrogen) atoms. The minimum absolute atomic E-state index is 0. The monoisotopic (exact) mass is 520 g/mol. The number of amides is 1. The predicted molar refractivity (Wildman–Crippen MR) is 127 cm³/mol. The first-order chi connectivity index (χ1) is 13.3. The molecule has 1 heterocycles. The second kappa shape index (κ2) is 12.2. The van der Waals surface area contributed by atoms with E-state index in [4.69, 9.17) is 9.73 Å². The fourth-order valence-electron chi connectivity index (χ4n) is 3.35. The molecule has 9 heteroatoms. The molecule has 3 N–H and O–H groups in total. The standard InChI is InChI=1S/C20H36N6O2.HI/c1-7-21-19(22-12-18(16-9-10-16)24-20(27)28-8-2)23-13(3)11-17-14(4)25-26(6)15(17)5;/h13,16,18H,7-12H2,1-6H3,(H,24,27)(H2,21,22,23);1H. The Morgan fingerprint density at radius 3 is 2.52 bits per heavy atom. The zero-order chi connectivity index (χ0) is 20.7. The van der Waals surface area contributed by atoms with Crippen LogP contribution in [0.1, 0.15) is 50.6 Å². The lowest BCUT2D eigenvalue weighted by Gasteiger charge is -2.20. The number of nitrogens with one attached hydrogen (secondary N) is 3. The van der Waals surface area contributed by atoms with E-state index in [2.05, 4.69) is 41.8 Å². The number of aromatic nitrogens is 2. The molecule has 1 aliphatic rings. The van der Waals surface area contributed by atoms with E-state index in [9.17, 15) is 4.79 Å². The van der Waals surface area contributed by atoms with Gasteiger partial charge >= 0.3 is 6.09 Å². The summed E-state index contributed by atoms with van der Waals surface area (Å²) in [5.74, 6) is 1.26. The highest BCUT2D eigenvalue weighted by Crippen LogP contribution is 2.32. The van der Waals surface area contributed by atoms with Gasteiger partial charge in [-0.2, -0.15) is 5.10 Å². The summed E-state index contributed by atoms with van der Waals surface area (Å²) < 4.78 is 6.95. The van der Waals surface area contributed by atoms with Gasteiger partial charge in [-0.15, -0.1) is 24.0 Å². The molecule has 8 nitrogen and oxygen atoms in total. The van der Waals surface area contributed by atoms with Gasteiger partial charge in [0.15, 0.2) is 5.96 Å². The maximum atomic E-state index is 11.8. The number of halogens is 1. The van der Waals surface area contributed by atoms with Crippen LogP contribution in [-0.4, -0.2) is 53.6 Å². The Labute approximate surface area is 191 Å². The number of guanidine groups is 1. The number of carbonyl (C=O) groups excluding carboxylic acids is 1. The van der Waals surface area contributed by atoms with E-state index in [1.807, 2.05) is 25.6 Å². The molecule has 0 radical (unpaired) electrons. The normalized spacial score (nSPS) is 15.9. The van der Waals surface area contributed by atoms with Crippen LogP contribution in [0.2, 0.25) is 0 Å². The second-order valence-corrected chi connectivity index (χ2v) is 7.55. The van der Waals surface area contributed by atoms with Gasteiger partial charge in [-0.3, -0.25) is 9.67 Å². The highest BCUT2D eigenvalue weighted by atomic mass is 127. The van der Waals surface area contributed by atoms with Gasteiger partial charge < -0.3 is 20.7 Å². The van der Waals surface area contributed by atoms with Crippen LogP contribution in [0.15, 0.2) is 4.99 Å². The molecule has 1 amide bonds. The number of hydrogen-bond acceptors (Lipinski definition) is 4. The van der Waals surface area contributed by atoms with Crippen LogP contribution in [0, 0.1) is 19.8 Å². The van der Waals surface area contributed by atoms with Gasteiger partial charge in [-0.05, 0) is 65.4 Å². The molecule has 1 fully saturated rings. The molecule has 1 saturated carbocycles. The van der Waals surface area contributed by atoms with Crippen LogP contribution in [0.5, 0.6) is 0 Å². The second-order valence-electron chi connectivity index (χ2n) is 7.55. The average molecular weight is 520 g/mol. The minimum Gasteiger partial charge on any atom is -0.450 e. The zero-order valence-electron chi connectivity index (χ0n) is 18.5. The topological polar surface area (TPSA) is 92.6 Å². The van der Waals surface area contributed by atoms with Gasteiger partial charge in [0.05, 0.1) is 24.9 Å². The quantitative estimate of drug-likeness (QED) is 0.265. The molecular formula is C20H37IN6O2. The van der Waals surface area contributed by atoms with Gasteiger partial charge in [0, 0.05) is 25.3 Å². The van der Waals surface area contributed by atoms with Crippen LogP contribution < -0.4 is 16.0 Å². The Bertz CT molecular complexity index is 687. The number of aryl methyl sites for hydroxylation is 2. The Balaban J connectivity index is 0.00000420. The van der Waals surface area contributed by atoms with Crippen LogP contribution in [0.3, 0.4) is 0 Å². The molecule has 2 rings (SSSR count). The van der Waals surface area contributed by atoms with Crippen molar-refractivity contribution in [3.8, 4) is 0 Å². The highest BCUT2D eigenvalue weighted by Gasteiger charge is 2.32. The molecule has 2 atom stereocenters. The lowest BCUT2D eigenvalue weighted by molar-refractivity contribution is 0.147. The van der Waals surface area contributed by atoms with Crippen molar-refractivity contribution in [2.75, 3.05) is 19.7 Å². The lowest BCUT2D eigenvalue weighted by atomic mass is 10.1. The average Bonchev–Trinajstić information content (AvgIpc) is 3.44. The van der Waals surface area contributed by atoms with Crippen molar-refractivity contribution < 1.29 is 9.53 Å². The summed E-state index contributed by atoms with van der Waals surface area (Å²) >= 11 is 0.